The number of nitrogens with zero attached hydrogens (tertiary/aromatic N) is 2. The number of hydrazone groups is 1. The second-order valence-corrected chi connectivity index (χ2v) is 4.23. The second-order valence-electron chi connectivity index (χ2n) is 3.42. The fraction of sp³-hybridized carbons (Fsp3) is 0. The highest BCUT2D eigenvalue weighted by Crippen LogP contribution is 2.32. The highest BCUT2D eigenvalue weighted by Gasteiger charge is 2.04. The van der Waals surface area contributed by atoms with Gasteiger partial charge in [0.1, 0.15) is 5.82 Å². The molecule has 0 saturated heterocycles. The van der Waals surface area contributed by atoms with Gasteiger partial charge in [0.2, 0.25) is 0 Å². The van der Waals surface area contributed by atoms with Gasteiger partial charge in [-0.3, -0.25) is 5.43 Å². The summed E-state index contributed by atoms with van der Waals surface area (Å²) in [7, 11) is 0. The number of nitrogens with one attached hydrogen (secondary N) is 1. The first-order chi connectivity index (χ1) is 8.66. The van der Waals surface area contributed by atoms with Crippen LogP contribution in [-0.4, -0.2) is 16.3 Å². The number of aromatic hydroxyl groups is 1. The van der Waals surface area contributed by atoms with Gasteiger partial charge < -0.3 is 5.11 Å². The molecule has 0 aliphatic rings. The number of phenolic OH excluding ortho intramolecular Hbond substituents is 1. The lowest BCUT2D eigenvalue weighted by atomic mass is 10.2. The summed E-state index contributed by atoms with van der Waals surface area (Å²) in [5.41, 5.74) is 3.43. The molecule has 2 aromatic rings. The molecule has 2 N–H and O–H groups in total. The fourth-order valence-electron chi connectivity index (χ4n) is 1.26. The summed E-state index contributed by atoms with van der Waals surface area (Å²) in [4.78, 5) is 4.04. The number of anilines is 1. The summed E-state index contributed by atoms with van der Waals surface area (Å²) in [6.07, 6.45) is 3.19. The summed E-state index contributed by atoms with van der Waals surface area (Å²) in [5.74, 6) is 0.498. The zero-order chi connectivity index (χ0) is 13.0. The van der Waals surface area contributed by atoms with Crippen LogP contribution in [0.3, 0.4) is 0 Å². The molecule has 1 aromatic carbocycles. The van der Waals surface area contributed by atoms with Crippen molar-refractivity contribution in [3.05, 3.63) is 52.1 Å². The van der Waals surface area contributed by atoms with Gasteiger partial charge in [-0.25, -0.2) is 4.98 Å². The van der Waals surface area contributed by atoms with Crippen molar-refractivity contribution in [2.24, 2.45) is 5.10 Å². The standard InChI is InChI=1S/C12H9Cl2N3O/c13-9-5-8(6-10(14)12(9)18)7-16-17-11-3-1-2-4-15-11/h1-7,18H,(H,15,17)/b16-7+. The van der Waals surface area contributed by atoms with Crippen LogP contribution in [0.2, 0.25) is 10.0 Å². The van der Waals surface area contributed by atoms with E-state index < -0.39 is 0 Å². The number of phenols is 1. The van der Waals surface area contributed by atoms with Crippen LogP contribution in [0.4, 0.5) is 5.82 Å². The Hall–Kier alpha value is -1.78. The van der Waals surface area contributed by atoms with E-state index in [0.29, 0.717) is 11.4 Å². The zero-order valence-electron chi connectivity index (χ0n) is 9.14. The van der Waals surface area contributed by atoms with Crippen LogP contribution in [0.25, 0.3) is 0 Å². The van der Waals surface area contributed by atoms with E-state index in [1.54, 1.807) is 24.4 Å². The summed E-state index contributed by atoms with van der Waals surface area (Å²) < 4.78 is 0. The van der Waals surface area contributed by atoms with Gasteiger partial charge in [0, 0.05) is 6.20 Å². The van der Waals surface area contributed by atoms with E-state index >= 15 is 0 Å². The Morgan fingerprint density at radius 3 is 2.56 bits per heavy atom. The van der Waals surface area contributed by atoms with Crippen molar-refractivity contribution in [3.63, 3.8) is 0 Å². The first-order valence-electron chi connectivity index (χ1n) is 5.05. The first kappa shape index (κ1) is 12.7. The third-order valence-electron chi connectivity index (χ3n) is 2.10. The molecular formula is C12H9Cl2N3O. The molecule has 0 bridgehead atoms. The van der Waals surface area contributed by atoms with Crippen LogP contribution in [0.15, 0.2) is 41.6 Å². The third-order valence-corrected chi connectivity index (χ3v) is 2.67. The van der Waals surface area contributed by atoms with Gasteiger partial charge in [-0.1, -0.05) is 29.3 Å². The maximum absolute atomic E-state index is 9.40. The van der Waals surface area contributed by atoms with Crippen LogP contribution >= 0.6 is 23.2 Å². The Kier molecular flexibility index (Phi) is 4.02. The Morgan fingerprint density at radius 2 is 1.94 bits per heavy atom. The van der Waals surface area contributed by atoms with E-state index in [4.69, 9.17) is 23.2 Å². The summed E-state index contributed by atoms with van der Waals surface area (Å²) in [6.45, 7) is 0. The lowest BCUT2D eigenvalue weighted by molar-refractivity contribution is 0.476. The lowest BCUT2D eigenvalue weighted by Crippen LogP contribution is -1.92. The van der Waals surface area contributed by atoms with Crippen LogP contribution in [0, 0.1) is 0 Å². The topological polar surface area (TPSA) is 57.5 Å². The van der Waals surface area contributed by atoms with Gasteiger partial charge >= 0.3 is 0 Å². The molecule has 0 unspecified atom stereocenters. The average molecular weight is 282 g/mol. The lowest BCUT2D eigenvalue weighted by Gasteiger charge is -2.01. The SMILES string of the molecule is Oc1c(Cl)cc(/C=N/Nc2ccccn2)cc1Cl. The molecule has 18 heavy (non-hydrogen) atoms. The maximum Gasteiger partial charge on any atom is 0.152 e. The molecule has 0 aliphatic heterocycles. The van der Waals surface area contributed by atoms with Gasteiger partial charge in [0.15, 0.2) is 5.75 Å². The minimum atomic E-state index is -0.131. The van der Waals surface area contributed by atoms with Crippen LogP contribution in [0.5, 0.6) is 5.75 Å². The van der Waals surface area contributed by atoms with Gasteiger partial charge in [0.25, 0.3) is 0 Å². The second kappa shape index (κ2) is 5.71. The average Bonchev–Trinajstić information content (AvgIpc) is 2.37. The van der Waals surface area contributed by atoms with Crippen LogP contribution in [-0.2, 0) is 0 Å². The van der Waals surface area contributed by atoms with Crippen molar-refractivity contribution in [2.75, 3.05) is 5.43 Å². The van der Waals surface area contributed by atoms with Gasteiger partial charge in [-0.05, 0) is 29.8 Å². The molecule has 0 saturated carbocycles. The molecule has 6 heteroatoms. The quantitative estimate of drug-likeness (QED) is 0.668. The molecule has 0 atom stereocenters. The van der Waals surface area contributed by atoms with Crippen molar-refractivity contribution in [1.82, 2.24) is 4.98 Å². The predicted molar refractivity (Wildman–Crippen MR) is 73.6 cm³/mol. The van der Waals surface area contributed by atoms with E-state index in [1.165, 1.54) is 6.21 Å². The molecule has 1 heterocycles. The van der Waals surface area contributed by atoms with E-state index in [1.807, 2.05) is 12.1 Å². The number of pyridine rings is 1. The molecule has 2 rings (SSSR count). The minimum absolute atomic E-state index is 0.131. The molecule has 0 fully saturated rings. The van der Waals surface area contributed by atoms with Gasteiger partial charge in [-0.15, -0.1) is 0 Å². The molecule has 0 amide bonds. The van der Waals surface area contributed by atoms with E-state index in [0.717, 1.165) is 0 Å². The fourth-order valence-corrected chi connectivity index (χ4v) is 1.77. The Bertz CT molecular complexity index is 550. The third kappa shape index (κ3) is 3.12. The monoisotopic (exact) mass is 281 g/mol. The van der Waals surface area contributed by atoms with E-state index in [9.17, 15) is 5.11 Å². The van der Waals surface area contributed by atoms with Crippen molar-refractivity contribution < 1.29 is 5.11 Å². The molecule has 0 aliphatic carbocycles. The minimum Gasteiger partial charge on any atom is -0.505 e. The van der Waals surface area contributed by atoms with E-state index in [2.05, 4.69) is 15.5 Å². The largest absolute Gasteiger partial charge is 0.505 e. The van der Waals surface area contributed by atoms with Crippen molar-refractivity contribution in [3.8, 4) is 5.75 Å². The summed E-state index contributed by atoms with van der Waals surface area (Å²) in [5, 5.41) is 13.8. The highest BCUT2D eigenvalue weighted by atomic mass is 35.5. The predicted octanol–water partition coefficient (Wildman–Crippen LogP) is 3.54. The first-order valence-corrected chi connectivity index (χ1v) is 5.80. The Labute approximate surface area is 114 Å². The molecular weight excluding hydrogens is 273 g/mol. The number of aromatic nitrogens is 1. The van der Waals surface area contributed by atoms with Crippen molar-refractivity contribution >= 4 is 35.2 Å². The Balaban J connectivity index is 2.10. The van der Waals surface area contributed by atoms with Crippen molar-refractivity contribution in [2.45, 2.75) is 0 Å². The number of rotatable bonds is 3. The van der Waals surface area contributed by atoms with E-state index in [-0.39, 0.29) is 15.8 Å². The number of halogens is 2. The maximum atomic E-state index is 9.40. The highest BCUT2D eigenvalue weighted by molar-refractivity contribution is 6.37. The van der Waals surface area contributed by atoms with Crippen LogP contribution < -0.4 is 5.43 Å². The molecule has 4 nitrogen and oxygen atoms in total. The number of hydrogen-bond acceptors (Lipinski definition) is 4. The van der Waals surface area contributed by atoms with Gasteiger partial charge in [-0.2, -0.15) is 5.10 Å². The number of benzene rings is 1. The van der Waals surface area contributed by atoms with Crippen LogP contribution in [0.1, 0.15) is 5.56 Å². The number of hydrogen-bond donors (Lipinski definition) is 2. The normalized spacial score (nSPS) is 10.8. The van der Waals surface area contributed by atoms with Crippen molar-refractivity contribution in [1.29, 1.82) is 0 Å². The molecule has 1 aromatic heterocycles. The molecule has 0 spiro atoms. The molecule has 0 radical (unpaired) electrons. The summed E-state index contributed by atoms with van der Waals surface area (Å²) >= 11 is 11.6. The zero-order valence-corrected chi connectivity index (χ0v) is 10.7. The smallest absolute Gasteiger partial charge is 0.152 e. The van der Waals surface area contributed by atoms with Gasteiger partial charge in [0.05, 0.1) is 16.3 Å². The molecule has 92 valence electrons. The Morgan fingerprint density at radius 1 is 1.22 bits per heavy atom. The summed E-state index contributed by atoms with van der Waals surface area (Å²) in [6, 6.07) is 8.57.